The van der Waals surface area contributed by atoms with Crippen LogP contribution in [0.5, 0.6) is 0 Å². The molecule has 4 nitrogen and oxygen atoms in total. The van der Waals surface area contributed by atoms with Crippen molar-refractivity contribution in [3.63, 3.8) is 0 Å². The predicted molar refractivity (Wildman–Crippen MR) is 76.3 cm³/mol. The third kappa shape index (κ3) is 3.44. The summed E-state index contributed by atoms with van der Waals surface area (Å²) in [6.45, 7) is 0.104. The number of amides is 1. The standard InChI is InChI=1S/C16H14N2O2/c17-11-13-2-1-3-14(10-13)16(20)18-15-6-4-12(5-7-15)8-9-19/h1-7,10,19H,8-9H2,(H,18,20). The van der Waals surface area contributed by atoms with Gasteiger partial charge in [0.2, 0.25) is 0 Å². The van der Waals surface area contributed by atoms with Crippen LogP contribution in [0.4, 0.5) is 5.69 Å². The van der Waals surface area contributed by atoms with E-state index in [2.05, 4.69) is 5.32 Å². The van der Waals surface area contributed by atoms with Gasteiger partial charge in [-0.2, -0.15) is 5.26 Å². The van der Waals surface area contributed by atoms with E-state index in [1.807, 2.05) is 18.2 Å². The van der Waals surface area contributed by atoms with Gasteiger partial charge < -0.3 is 10.4 Å². The van der Waals surface area contributed by atoms with Crippen molar-refractivity contribution in [2.75, 3.05) is 11.9 Å². The first kappa shape index (κ1) is 13.8. The molecular formula is C16H14N2O2. The summed E-state index contributed by atoms with van der Waals surface area (Å²) in [6, 6.07) is 15.8. The average Bonchev–Trinajstić information content (AvgIpc) is 2.49. The number of hydrogen-bond acceptors (Lipinski definition) is 3. The topological polar surface area (TPSA) is 73.1 Å². The molecule has 2 aromatic carbocycles. The fourth-order valence-corrected chi connectivity index (χ4v) is 1.82. The van der Waals surface area contributed by atoms with Crippen LogP contribution in [0.1, 0.15) is 21.5 Å². The third-order valence-corrected chi connectivity index (χ3v) is 2.87. The normalized spacial score (nSPS) is 9.80. The quantitative estimate of drug-likeness (QED) is 0.892. The molecule has 0 aromatic heterocycles. The molecule has 0 aliphatic rings. The lowest BCUT2D eigenvalue weighted by Gasteiger charge is -2.06. The molecular weight excluding hydrogens is 252 g/mol. The molecule has 4 heteroatoms. The van der Waals surface area contributed by atoms with E-state index in [1.165, 1.54) is 0 Å². The molecule has 0 spiro atoms. The monoisotopic (exact) mass is 266 g/mol. The lowest BCUT2D eigenvalue weighted by atomic mass is 10.1. The van der Waals surface area contributed by atoms with Crippen molar-refractivity contribution >= 4 is 11.6 Å². The Bertz CT molecular complexity index is 642. The Morgan fingerprint density at radius 1 is 1.20 bits per heavy atom. The summed E-state index contributed by atoms with van der Waals surface area (Å²) in [5.74, 6) is -0.253. The number of hydrogen-bond donors (Lipinski definition) is 2. The Balaban J connectivity index is 2.09. The minimum absolute atomic E-state index is 0.104. The van der Waals surface area contributed by atoms with E-state index >= 15 is 0 Å². The molecule has 1 amide bonds. The number of anilines is 1. The number of nitrogens with one attached hydrogen (secondary N) is 1. The molecule has 2 N–H and O–H groups in total. The van der Waals surface area contributed by atoms with Gasteiger partial charge in [-0.3, -0.25) is 4.79 Å². The second kappa shape index (κ2) is 6.50. The molecule has 20 heavy (non-hydrogen) atoms. The van der Waals surface area contributed by atoms with Gasteiger partial charge in [0.15, 0.2) is 0 Å². The largest absolute Gasteiger partial charge is 0.396 e. The summed E-state index contributed by atoms with van der Waals surface area (Å²) < 4.78 is 0. The van der Waals surface area contributed by atoms with E-state index in [-0.39, 0.29) is 12.5 Å². The maximum Gasteiger partial charge on any atom is 0.255 e. The Labute approximate surface area is 117 Å². The first-order valence-electron chi connectivity index (χ1n) is 6.24. The highest BCUT2D eigenvalue weighted by Crippen LogP contribution is 2.12. The van der Waals surface area contributed by atoms with Gasteiger partial charge in [0, 0.05) is 17.9 Å². The zero-order valence-electron chi connectivity index (χ0n) is 10.8. The molecule has 0 saturated carbocycles. The molecule has 0 fully saturated rings. The first-order valence-corrected chi connectivity index (χ1v) is 6.24. The smallest absolute Gasteiger partial charge is 0.255 e. The van der Waals surface area contributed by atoms with Gasteiger partial charge in [-0.05, 0) is 42.3 Å². The van der Waals surface area contributed by atoms with Crippen LogP contribution in [-0.2, 0) is 6.42 Å². The van der Waals surface area contributed by atoms with Crippen molar-refractivity contribution in [3.8, 4) is 6.07 Å². The van der Waals surface area contributed by atoms with Gasteiger partial charge in [-0.1, -0.05) is 18.2 Å². The van der Waals surface area contributed by atoms with Crippen LogP contribution in [0.2, 0.25) is 0 Å². The third-order valence-electron chi connectivity index (χ3n) is 2.87. The maximum absolute atomic E-state index is 12.0. The highest BCUT2D eigenvalue weighted by molar-refractivity contribution is 6.04. The van der Waals surface area contributed by atoms with Gasteiger partial charge in [0.25, 0.3) is 5.91 Å². The Morgan fingerprint density at radius 3 is 2.60 bits per heavy atom. The zero-order valence-corrected chi connectivity index (χ0v) is 10.8. The molecule has 0 bridgehead atoms. The number of rotatable bonds is 4. The minimum Gasteiger partial charge on any atom is -0.396 e. The van der Waals surface area contributed by atoms with Crippen LogP contribution < -0.4 is 5.32 Å². The van der Waals surface area contributed by atoms with Crippen LogP contribution in [0.25, 0.3) is 0 Å². The van der Waals surface area contributed by atoms with Crippen LogP contribution in [0.15, 0.2) is 48.5 Å². The molecule has 100 valence electrons. The molecule has 0 saturated heterocycles. The molecule has 0 atom stereocenters. The van der Waals surface area contributed by atoms with Gasteiger partial charge in [0.05, 0.1) is 11.6 Å². The predicted octanol–water partition coefficient (Wildman–Crippen LogP) is 2.35. The van der Waals surface area contributed by atoms with Crippen molar-refractivity contribution in [3.05, 3.63) is 65.2 Å². The summed E-state index contributed by atoms with van der Waals surface area (Å²) >= 11 is 0. The second-order valence-electron chi connectivity index (χ2n) is 4.32. The van der Waals surface area contributed by atoms with Crippen molar-refractivity contribution in [1.29, 1.82) is 5.26 Å². The van der Waals surface area contributed by atoms with E-state index in [9.17, 15) is 4.79 Å². The molecule has 0 aliphatic heterocycles. The van der Waals surface area contributed by atoms with E-state index in [0.29, 0.717) is 23.2 Å². The van der Waals surface area contributed by atoms with Crippen LogP contribution >= 0.6 is 0 Å². The maximum atomic E-state index is 12.0. The number of aliphatic hydroxyl groups is 1. The van der Waals surface area contributed by atoms with Gasteiger partial charge >= 0.3 is 0 Å². The highest BCUT2D eigenvalue weighted by Gasteiger charge is 2.06. The van der Waals surface area contributed by atoms with Gasteiger partial charge in [0.1, 0.15) is 0 Å². The molecule has 0 radical (unpaired) electrons. The second-order valence-corrected chi connectivity index (χ2v) is 4.32. The fraction of sp³-hybridized carbons (Fsp3) is 0.125. The van der Waals surface area contributed by atoms with Crippen LogP contribution in [0.3, 0.4) is 0 Å². The van der Waals surface area contributed by atoms with Crippen molar-refractivity contribution in [2.24, 2.45) is 0 Å². The first-order chi connectivity index (χ1) is 9.72. The summed E-state index contributed by atoms with van der Waals surface area (Å²) in [5.41, 5.74) is 2.59. The average molecular weight is 266 g/mol. The summed E-state index contributed by atoms with van der Waals surface area (Å²) in [7, 11) is 0. The number of nitrogens with zero attached hydrogens (tertiary/aromatic N) is 1. The van der Waals surface area contributed by atoms with E-state index in [4.69, 9.17) is 10.4 Å². The lowest BCUT2D eigenvalue weighted by molar-refractivity contribution is 0.102. The Morgan fingerprint density at radius 2 is 1.95 bits per heavy atom. The van der Waals surface area contributed by atoms with Crippen molar-refractivity contribution < 1.29 is 9.90 Å². The Kier molecular flexibility index (Phi) is 4.48. The number of carbonyl (C=O) groups excluding carboxylic acids is 1. The van der Waals surface area contributed by atoms with Crippen molar-refractivity contribution in [2.45, 2.75) is 6.42 Å². The zero-order chi connectivity index (χ0) is 14.4. The lowest BCUT2D eigenvalue weighted by Crippen LogP contribution is -2.12. The summed E-state index contributed by atoms with van der Waals surface area (Å²) in [6.07, 6.45) is 0.596. The van der Waals surface area contributed by atoms with Crippen LogP contribution in [-0.4, -0.2) is 17.6 Å². The van der Waals surface area contributed by atoms with Gasteiger partial charge in [-0.25, -0.2) is 0 Å². The Hall–Kier alpha value is -2.64. The minimum atomic E-state index is -0.253. The van der Waals surface area contributed by atoms with Crippen LogP contribution in [0, 0.1) is 11.3 Å². The molecule has 0 heterocycles. The van der Waals surface area contributed by atoms with E-state index < -0.39 is 0 Å². The number of nitriles is 1. The van der Waals surface area contributed by atoms with Gasteiger partial charge in [-0.15, -0.1) is 0 Å². The highest BCUT2D eigenvalue weighted by atomic mass is 16.2. The molecule has 0 unspecified atom stereocenters. The number of aliphatic hydroxyl groups excluding tert-OH is 1. The van der Waals surface area contributed by atoms with E-state index in [0.717, 1.165) is 5.56 Å². The van der Waals surface area contributed by atoms with E-state index in [1.54, 1.807) is 36.4 Å². The SMILES string of the molecule is N#Cc1cccc(C(=O)Nc2ccc(CCO)cc2)c1. The summed E-state index contributed by atoms with van der Waals surface area (Å²) in [4.78, 5) is 12.0. The number of benzene rings is 2. The fourth-order valence-electron chi connectivity index (χ4n) is 1.82. The summed E-state index contributed by atoms with van der Waals surface area (Å²) in [5, 5.41) is 20.4. The molecule has 2 aromatic rings. The number of carbonyl (C=O) groups is 1. The molecule has 2 rings (SSSR count). The molecule has 0 aliphatic carbocycles. The van der Waals surface area contributed by atoms with Crippen molar-refractivity contribution in [1.82, 2.24) is 0 Å².